The second-order valence-electron chi connectivity index (χ2n) is 6.01. The lowest BCUT2D eigenvalue weighted by molar-refractivity contribution is -0.127. The van der Waals surface area contributed by atoms with Crippen LogP contribution in [0.2, 0.25) is 0 Å². The van der Waals surface area contributed by atoms with Gasteiger partial charge in [-0.3, -0.25) is 9.69 Å². The standard InChI is InChI=1S/C17H20N4O4/c1-10-9-14(19-21(10)13-7-5-6-8-18-13)20-15(22)11(2)12(3)16(20)25-17(23)24-4/h5-8,10,16H,9H2,1-4H3. The molecule has 3 rings (SSSR count). The zero-order valence-electron chi connectivity index (χ0n) is 14.6. The lowest BCUT2D eigenvalue weighted by atomic mass is 10.2. The Kier molecular flexibility index (Phi) is 4.43. The minimum absolute atomic E-state index is 0.0256. The van der Waals surface area contributed by atoms with Crippen molar-refractivity contribution in [3.05, 3.63) is 35.5 Å². The molecule has 8 nitrogen and oxygen atoms in total. The van der Waals surface area contributed by atoms with Gasteiger partial charge >= 0.3 is 6.16 Å². The molecule has 2 unspecified atom stereocenters. The average molecular weight is 344 g/mol. The number of hydrogen-bond donors (Lipinski definition) is 0. The van der Waals surface area contributed by atoms with Crippen LogP contribution in [0.25, 0.3) is 0 Å². The Hall–Kier alpha value is -2.90. The number of hydrazone groups is 1. The van der Waals surface area contributed by atoms with Crippen molar-refractivity contribution < 1.29 is 19.1 Å². The molecule has 132 valence electrons. The molecule has 0 fully saturated rings. The quantitative estimate of drug-likeness (QED) is 0.765. The smallest absolute Gasteiger partial charge is 0.438 e. The molecular formula is C17H20N4O4. The number of carbonyl (C=O) groups is 2. The zero-order valence-corrected chi connectivity index (χ0v) is 14.6. The molecule has 0 N–H and O–H groups in total. The van der Waals surface area contributed by atoms with E-state index in [4.69, 9.17) is 4.74 Å². The van der Waals surface area contributed by atoms with Gasteiger partial charge in [-0.1, -0.05) is 6.07 Å². The predicted molar refractivity (Wildman–Crippen MR) is 90.7 cm³/mol. The number of hydrogen-bond acceptors (Lipinski definition) is 7. The summed E-state index contributed by atoms with van der Waals surface area (Å²) in [6, 6.07) is 5.59. The van der Waals surface area contributed by atoms with Crippen molar-refractivity contribution >= 4 is 23.7 Å². The van der Waals surface area contributed by atoms with Crippen molar-refractivity contribution in [1.82, 2.24) is 9.88 Å². The third-order valence-electron chi connectivity index (χ3n) is 4.39. The van der Waals surface area contributed by atoms with E-state index in [0.717, 1.165) is 0 Å². The van der Waals surface area contributed by atoms with E-state index in [-0.39, 0.29) is 11.9 Å². The minimum Gasteiger partial charge on any atom is -0.438 e. The Bertz CT molecular complexity index is 759. The fourth-order valence-corrected chi connectivity index (χ4v) is 2.89. The molecule has 1 aromatic heterocycles. The number of carbonyl (C=O) groups excluding carboxylic acids is 2. The molecular weight excluding hydrogens is 324 g/mol. The van der Waals surface area contributed by atoms with Crippen molar-refractivity contribution in [2.45, 2.75) is 39.5 Å². The van der Waals surface area contributed by atoms with E-state index in [0.29, 0.717) is 29.2 Å². The summed E-state index contributed by atoms with van der Waals surface area (Å²) in [4.78, 5) is 29.9. The largest absolute Gasteiger partial charge is 0.510 e. The monoisotopic (exact) mass is 344 g/mol. The Labute approximate surface area is 145 Å². The Morgan fingerprint density at radius 2 is 2.08 bits per heavy atom. The van der Waals surface area contributed by atoms with Crippen LogP contribution < -0.4 is 5.01 Å². The van der Waals surface area contributed by atoms with Gasteiger partial charge in [-0.25, -0.2) is 14.8 Å². The van der Waals surface area contributed by atoms with Crippen LogP contribution in [0, 0.1) is 0 Å². The van der Waals surface area contributed by atoms with Gasteiger partial charge in [-0.05, 0) is 38.5 Å². The average Bonchev–Trinajstić information content (AvgIpc) is 3.09. The lowest BCUT2D eigenvalue weighted by Crippen LogP contribution is -2.42. The first-order valence-electron chi connectivity index (χ1n) is 7.97. The van der Waals surface area contributed by atoms with Crippen molar-refractivity contribution in [2.75, 3.05) is 12.1 Å². The summed E-state index contributed by atoms with van der Waals surface area (Å²) in [5.41, 5.74) is 1.21. The maximum Gasteiger partial charge on any atom is 0.510 e. The first-order valence-corrected chi connectivity index (χ1v) is 7.97. The van der Waals surface area contributed by atoms with E-state index in [1.165, 1.54) is 12.0 Å². The first-order chi connectivity index (χ1) is 11.9. The van der Waals surface area contributed by atoms with Crippen molar-refractivity contribution in [2.24, 2.45) is 5.10 Å². The molecule has 0 bridgehead atoms. The summed E-state index contributed by atoms with van der Waals surface area (Å²) in [5, 5.41) is 6.32. The van der Waals surface area contributed by atoms with Crippen LogP contribution in [-0.2, 0) is 14.3 Å². The third kappa shape index (κ3) is 2.95. The number of pyridine rings is 1. The molecule has 0 saturated heterocycles. The molecule has 0 spiro atoms. The molecule has 2 aliphatic heterocycles. The summed E-state index contributed by atoms with van der Waals surface area (Å²) in [7, 11) is 1.23. The number of amidine groups is 1. The van der Waals surface area contributed by atoms with Crippen LogP contribution in [0.5, 0.6) is 0 Å². The van der Waals surface area contributed by atoms with E-state index in [1.54, 1.807) is 25.1 Å². The Morgan fingerprint density at radius 3 is 2.72 bits per heavy atom. The molecule has 0 radical (unpaired) electrons. The predicted octanol–water partition coefficient (Wildman–Crippen LogP) is 2.28. The molecule has 25 heavy (non-hydrogen) atoms. The molecule has 1 amide bonds. The van der Waals surface area contributed by atoms with Gasteiger partial charge in [-0.2, -0.15) is 5.10 Å². The van der Waals surface area contributed by atoms with Gasteiger partial charge in [0, 0.05) is 18.2 Å². The molecule has 1 aromatic rings. The van der Waals surface area contributed by atoms with Gasteiger partial charge in [-0.15, -0.1) is 0 Å². The normalized spacial score (nSPS) is 23.2. The number of methoxy groups -OCH3 is 1. The maximum absolute atomic E-state index is 12.7. The highest BCUT2D eigenvalue weighted by molar-refractivity contribution is 6.09. The minimum atomic E-state index is -0.843. The molecule has 0 saturated carbocycles. The summed E-state index contributed by atoms with van der Waals surface area (Å²) < 4.78 is 9.86. The fraction of sp³-hybridized carbons (Fsp3) is 0.412. The highest BCUT2D eigenvalue weighted by Crippen LogP contribution is 2.31. The molecule has 0 aliphatic carbocycles. The molecule has 2 aliphatic rings. The Morgan fingerprint density at radius 1 is 1.32 bits per heavy atom. The summed E-state index contributed by atoms with van der Waals surface area (Å²) in [5.74, 6) is 1.01. The topological polar surface area (TPSA) is 84.3 Å². The fourth-order valence-electron chi connectivity index (χ4n) is 2.89. The van der Waals surface area contributed by atoms with Crippen molar-refractivity contribution in [1.29, 1.82) is 0 Å². The van der Waals surface area contributed by atoms with Crippen molar-refractivity contribution in [3.8, 4) is 0 Å². The maximum atomic E-state index is 12.7. The number of aromatic nitrogens is 1. The van der Waals surface area contributed by atoms with E-state index in [2.05, 4.69) is 14.8 Å². The molecule has 2 atom stereocenters. The van der Waals surface area contributed by atoms with Gasteiger partial charge in [0.2, 0.25) is 6.23 Å². The second-order valence-corrected chi connectivity index (χ2v) is 6.01. The molecule has 0 aromatic carbocycles. The van der Waals surface area contributed by atoms with Crippen LogP contribution in [0.3, 0.4) is 0 Å². The van der Waals surface area contributed by atoms with Crippen LogP contribution in [0.4, 0.5) is 10.6 Å². The summed E-state index contributed by atoms with van der Waals surface area (Å²) >= 11 is 0. The van der Waals surface area contributed by atoms with Gasteiger partial charge in [0.1, 0.15) is 11.7 Å². The highest BCUT2D eigenvalue weighted by atomic mass is 16.7. The lowest BCUT2D eigenvalue weighted by Gasteiger charge is -2.24. The van der Waals surface area contributed by atoms with E-state index in [9.17, 15) is 9.59 Å². The third-order valence-corrected chi connectivity index (χ3v) is 4.39. The van der Waals surface area contributed by atoms with Crippen molar-refractivity contribution in [3.63, 3.8) is 0 Å². The zero-order chi connectivity index (χ0) is 18.1. The summed E-state index contributed by atoms with van der Waals surface area (Å²) in [6.07, 6.45) is 0.541. The van der Waals surface area contributed by atoms with Crippen LogP contribution in [0.15, 0.2) is 40.6 Å². The number of rotatable bonds is 2. The second kappa shape index (κ2) is 6.54. The molecule has 3 heterocycles. The van der Waals surface area contributed by atoms with Crippen LogP contribution in [-0.4, -0.2) is 47.2 Å². The van der Waals surface area contributed by atoms with E-state index in [1.807, 2.05) is 25.1 Å². The number of amides is 1. The number of ether oxygens (including phenoxy) is 2. The van der Waals surface area contributed by atoms with E-state index >= 15 is 0 Å². The highest BCUT2D eigenvalue weighted by Gasteiger charge is 2.43. The van der Waals surface area contributed by atoms with Gasteiger partial charge in [0.05, 0.1) is 13.2 Å². The first kappa shape index (κ1) is 16.9. The van der Waals surface area contributed by atoms with Gasteiger partial charge < -0.3 is 9.47 Å². The van der Waals surface area contributed by atoms with Gasteiger partial charge in [0.25, 0.3) is 5.91 Å². The summed E-state index contributed by atoms with van der Waals surface area (Å²) in [6.45, 7) is 5.46. The molecule has 8 heteroatoms. The number of anilines is 1. The van der Waals surface area contributed by atoms with Crippen LogP contribution >= 0.6 is 0 Å². The Balaban J connectivity index is 1.91. The SMILES string of the molecule is COC(=O)OC1C(C)=C(C)C(=O)N1C1=NN(c2ccccn2)C(C)C1. The van der Waals surface area contributed by atoms with E-state index < -0.39 is 12.4 Å². The van der Waals surface area contributed by atoms with Gasteiger partial charge in [0.15, 0.2) is 0 Å². The van der Waals surface area contributed by atoms with Crippen LogP contribution in [0.1, 0.15) is 27.2 Å². The number of nitrogens with zero attached hydrogens (tertiary/aromatic N) is 4.